The maximum atomic E-state index is 14.0. The van der Waals surface area contributed by atoms with Crippen molar-refractivity contribution in [2.45, 2.75) is 82.9 Å². The first-order valence-corrected chi connectivity index (χ1v) is 16.4. The summed E-state index contributed by atoms with van der Waals surface area (Å²) in [6.07, 6.45) is 2.49. The van der Waals surface area contributed by atoms with Gasteiger partial charge in [-0.1, -0.05) is 43.7 Å². The van der Waals surface area contributed by atoms with Gasteiger partial charge in [0.15, 0.2) is 6.10 Å². The van der Waals surface area contributed by atoms with Crippen molar-refractivity contribution >= 4 is 31.6 Å². The molecule has 4 atom stereocenters. The van der Waals surface area contributed by atoms with E-state index in [0.29, 0.717) is 38.6 Å². The molecule has 3 rings (SSSR count). The number of carbonyl (C=O) groups excluding carboxylic acids is 4. The van der Waals surface area contributed by atoms with E-state index in [4.69, 9.17) is 27.7 Å². The SMILES string of the molecule is CCCCC(OC(=O)c1ccco1)P(=O)(OC)OC(CCCCNC(=O)OCc1ccccc1)C(=O)OC(=O)[C@@H]1CCCN1. The van der Waals surface area contributed by atoms with Crippen LogP contribution < -0.4 is 10.6 Å². The molecule has 1 amide bonds. The molecule has 0 saturated carbocycles. The molecule has 1 aliphatic heterocycles. The number of ether oxygens (including phenoxy) is 3. The molecule has 1 aliphatic rings. The molecular weight excluding hydrogens is 595 g/mol. The first-order chi connectivity index (χ1) is 21.3. The summed E-state index contributed by atoms with van der Waals surface area (Å²) < 4.78 is 45.9. The molecule has 1 aromatic heterocycles. The van der Waals surface area contributed by atoms with Crippen LogP contribution >= 0.6 is 7.60 Å². The molecule has 1 aromatic carbocycles. The molecule has 0 bridgehead atoms. The molecule has 2 N–H and O–H groups in total. The molecule has 3 unspecified atom stereocenters. The summed E-state index contributed by atoms with van der Waals surface area (Å²) in [7, 11) is -3.16. The van der Waals surface area contributed by atoms with Gasteiger partial charge in [-0.3, -0.25) is 9.09 Å². The second-order valence-corrected chi connectivity index (χ2v) is 12.4. The van der Waals surface area contributed by atoms with E-state index in [0.717, 1.165) is 19.1 Å². The lowest BCUT2D eigenvalue weighted by molar-refractivity contribution is -0.166. The van der Waals surface area contributed by atoms with Crippen LogP contribution in [0.25, 0.3) is 0 Å². The largest absolute Gasteiger partial charge is 0.457 e. The molecule has 2 heterocycles. The van der Waals surface area contributed by atoms with E-state index in [1.807, 2.05) is 37.3 Å². The zero-order valence-corrected chi connectivity index (χ0v) is 26.0. The maximum Gasteiger partial charge on any atom is 0.407 e. The van der Waals surface area contributed by atoms with E-state index in [-0.39, 0.29) is 31.8 Å². The number of furan rings is 1. The highest BCUT2D eigenvalue weighted by Gasteiger charge is 2.43. The molecule has 2 aromatic rings. The molecule has 0 aliphatic carbocycles. The third kappa shape index (κ3) is 11.2. The van der Waals surface area contributed by atoms with Gasteiger partial charge in [-0.25, -0.2) is 19.2 Å². The Labute approximate surface area is 256 Å². The Hall–Kier alpha value is -3.51. The van der Waals surface area contributed by atoms with Crippen molar-refractivity contribution in [2.24, 2.45) is 0 Å². The summed E-state index contributed by atoms with van der Waals surface area (Å²) in [4.78, 5) is 50.4. The predicted molar refractivity (Wildman–Crippen MR) is 158 cm³/mol. The number of hydrogen-bond acceptors (Lipinski definition) is 12. The molecule has 14 heteroatoms. The average molecular weight is 637 g/mol. The van der Waals surface area contributed by atoms with Crippen molar-refractivity contribution in [3.8, 4) is 0 Å². The topological polar surface area (TPSA) is 169 Å². The van der Waals surface area contributed by atoms with Crippen LogP contribution in [0.1, 0.15) is 74.4 Å². The molecule has 13 nitrogen and oxygen atoms in total. The molecule has 0 spiro atoms. The zero-order valence-electron chi connectivity index (χ0n) is 25.1. The Balaban J connectivity index is 1.63. The number of alkyl carbamates (subject to hydrolysis) is 1. The van der Waals surface area contributed by atoms with Gasteiger partial charge in [0.25, 0.3) is 0 Å². The Morgan fingerprint density at radius 1 is 1.07 bits per heavy atom. The van der Waals surface area contributed by atoms with Crippen LogP contribution in [-0.4, -0.2) is 62.2 Å². The number of esters is 3. The first kappa shape index (κ1) is 35.0. The van der Waals surface area contributed by atoms with E-state index in [1.165, 1.54) is 18.4 Å². The minimum absolute atomic E-state index is 0.0229. The molecule has 1 fully saturated rings. The summed E-state index contributed by atoms with van der Waals surface area (Å²) in [5, 5.41) is 5.60. The fraction of sp³-hybridized carbons (Fsp3) is 0.533. The molecule has 1 saturated heterocycles. The van der Waals surface area contributed by atoms with Crippen molar-refractivity contribution < 1.29 is 51.4 Å². The van der Waals surface area contributed by atoms with E-state index in [2.05, 4.69) is 10.6 Å². The first-order valence-electron chi connectivity index (χ1n) is 14.8. The minimum atomic E-state index is -4.29. The Morgan fingerprint density at radius 2 is 1.86 bits per heavy atom. The fourth-order valence-corrected chi connectivity index (χ4v) is 6.12. The van der Waals surface area contributed by atoms with Gasteiger partial charge < -0.3 is 33.8 Å². The van der Waals surface area contributed by atoms with E-state index in [9.17, 15) is 23.7 Å². The zero-order chi connectivity index (χ0) is 31.8. The van der Waals surface area contributed by atoms with Gasteiger partial charge in [0.05, 0.1) is 6.26 Å². The lowest BCUT2D eigenvalue weighted by atomic mass is 10.1. The lowest BCUT2D eigenvalue weighted by Crippen LogP contribution is -2.37. The summed E-state index contributed by atoms with van der Waals surface area (Å²) in [6.45, 7) is 2.86. The maximum absolute atomic E-state index is 14.0. The number of hydrogen-bond donors (Lipinski definition) is 2. The van der Waals surface area contributed by atoms with Gasteiger partial charge in [0, 0.05) is 13.7 Å². The summed E-state index contributed by atoms with van der Waals surface area (Å²) >= 11 is 0. The van der Waals surface area contributed by atoms with Crippen molar-refractivity contribution in [2.75, 3.05) is 20.2 Å². The van der Waals surface area contributed by atoms with Gasteiger partial charge in [-0.2, -0.15) is 0 Å². The summed E-state index contributed by atoms with van der Waals surface area (Å²) in [6, 6.07) is 11.5. The van der Waals surface area contributed by atoms with Crippen molar-refractivity contribution in [1.82, 2.24) is 10.6 Å². The van der Waals surface area contributed by atoms with Gasteiger partial charge in [0.1, 0.15) is 12.6 Å². The van der Waals surface area contributed by atoms with Crippen molar-refractivity contribution in [3.63, 3.8) is 0 Å². The Bertz CT molecular complexity index is 1230. The van der Waals surface area contributed by atoms with Crippen molar-refractivity contribution in [3.05, 3.63) is 60.1 Å². The summed E-state index contributed by atoms with van der Waals surface area (Å²) in [5.41, 5.74) is 0.846. The van der Waals surface area contributed by atoms with Gasteiger partial charge in [-0.15, -0.1) is 0 Å². The standard InChI is InChI=1S/C30H41N2O11P/c1-3-4-17-26(41-28(34)24-16-11-20-39-24)44(37,38-2)43-25(29(35)42-27(33)23-14-10-19-31-23)15-8-9-18-32-30(36)40-21-22-12-6-5-7-13-22/h5-7,11-13,16,20,23,25-26,31H,3-4,8-10,14-15,17-19,21H2,1-2H3,(H,32,36)/t23-,25?,26?,44?/m0/s1. The lowest BCUT2D eigenvalue weighted by Gasteiger charge is -2.28. The minimum Gasteiger partial charge on any atom is -0.457 e. The number of nitrogens with one attached hydrogen (secondary N) is 2. The number of carbonyl (C=O) groups is 4. The van der Waals surface area contributed by atoms with Gasteiger partial charge in [-0.05, 0) is 69.2 Å². The van der Waals surface area contributed by atoms with E-state index >= 15 is 0 Å². The van der Waals surface area contributed by atoms with Crippen LogP contribution in [0.3, 0.4) is 0 Å². The second-order valence-electron chi connectivity index (χ2n) is 10.2. The third-order valence-corrected chi connectivity index (χ3v) is 8.96. The fourth-order valence-electron chi connectivity index (χ4n) is 4.40. The quantitative estimate of drug-likeness (QED) is 0.0731. The smallest absolute Gasteiger partial charge is 0.407 e. The average Bonchev–Trinajstić information content (AvgIpc) is 3.77. The van der Waals surface area contributed by atoms with Crippen molar-refractivity contribution in [1.29, 1.82) is 0 Å². The summed E-state index contributed by atoms with van der Waals surface area (Å²) in [5.74, 6) is -4.13. The van der Waals surface area contributed by atoms with Gasteiger partial charge >= 0.3 is 31.6 Å². The van der Waals surface area contributed by atoms with E-state index in [1.54, 1.807) is 0 Å². The number of rotatable bonds is 18. The monoisotopic (exact) mass is 636 g/mol. The Morgan fingerprint density at radius 3 is 2.52 bits per heavy atom. The molecule has 242 valence electrons. The highest BCUT2D eigenvalue weighted by molar-refractivity contribution is 7.54. The van der Waals surface area contributed by atoms with Crippen LogP contribution in [0.4, 0.5) is 4.79 Å². The Kier molecular flexibility index (Phi) is 14.6. The second kappa shape index (κ2) is 18.3. The molecule has 44 heavy (non-hydrogen) atoms. The van der Waals surface area contributed by atoms with Crippen LogP contribution in [0.5, 0.6) is 0 Å². The molecular formula is C30H41N2O11P. The van der Waals surface area contributed by atoms with Crippen LogP contribution in [-0.2, 0) is 44.0 Å². The number of amides is 1. The van der Waals surface area contributed by atoms with E-state index < -0.39 is 49.6 Å². The molecule has 0 radical (unpaired) electrons. The van der Waals surface area contributed by atoms with Crippen LogP contribution in [0.15, 0.2) is 53.1 Å². The number of benzene rings is 1. The third-order valence-electron chi connectivity index (χ3n) is 6.84. The van der Waals surface area contributed by atoms with Gasteiger partial charge in [0.2, 0.25) is 11.6 Å². The highest BCUT2D eigenvalue weighted by Crippen LogP contribution is 2.56. The highest BCUT2D eigenvalue weighted by atomic mass is 31.2. The van der Waals surface area contributed by atoms with Crippen LogP contribution in [0, 0.1) is 0 Å². The number of unbranched alkanes of at least 4 members (excludes halogenated alkanes) is 2. The van der Waals surface area contributed by atoms with Crippen LogP contribution in [0.2, 0.25) is 0 Å². The normalized spacial score (nSPS) is 17.2. The predicted octanol–water partition coefficient (Wildman–Crippen LogP) is 5.10.